The van der Waals surface area contributed by atoms with Crippen molar-refractivity contribution in [3.63, 3.8) is 0 Å². The van der Waals surface area contributed by atoms with Gasteiger partial charge in [0.1, 0.15) is 0 Å². The van der Waals surface area contributed by atoms with Gasteiger partial charge in [0.25, 0.3) is 0 Å². The van der Waals surface area contributed by atoms with Gasteiger partial charge < -0.3 is 0 Å². The van der Waals surface area contributed by atoms with Crippen LogP contribution in [-0.4, -0.2) is 33.3 Å². The Kier molecular flexibility index (Phi) is 3.64. The number of carbonyl (C=O) groups is 1. The van der Waals surface area contributed by atoms with Gasteiger partial charge >= 0.3 is 130 Å². The van der Waals surface area contributed by atoms with Crippen molar-refractivity contribution in [3.8, 4) is 0 Å². The number of carbonyl (C=O) groups excluding carboxylic acids is 1. The fourth-order valence-electron chi connectivity index (χ4n) is 2.08. The molecule has 2 radical (unpaired) electrons. The van der Waals surface area contributed by atoms with Crippen molar-refractivity contribution < 1.29 is 4.79 Å². The third-order valence-electron chi connectivity index (χ3n) is 3.04. The van der Waals surface area contributed by atoms with Crippen LogP contribution in [0.1, 0.15) is 11.1 Å². The fraction of sp³-hybridized carbons (Fsp3) is 0.0667. The second-order valence-corrected chi connectivity index (χ2v) is 5.86. The molecular weight excluding hydrogens is 335 g/mol. The molecule has 0 saturated heterocycles. The van der Waals surface area contributed by atoms with E-state index in [2.05, 4.69) is 27.2 Å². The van der Waals surface area contributed by atoms with E-state index < -0.39 is 4.83 Å². The van der Waals surface area contributed by atoms with Crippen LogP contribution in [0.15, 0.2) is 53.5 Å². The second-order valence-electron chi connectivity index (χ2n) is 4.39. The van der Waals surface area contributed by atoms with Gasteiger partial charge in [0, 0.05) is 0 Å². The van der Waals surface area contributed by atoms with E-state index in [-0.39, 0.29) is 5.91 Å². The third kappa shape index (κ3) is 2.52. The average Bonchev–Trinajstić information content (AvgIpc) is 2.58. The Balaban J connectivity index is 2.18. The molecule has 1 atom stereocenters. The molecule has 1 unspecified atom stereocenters. The molecule has 1 aliphatic heterocycles. The molecule has 5 heteroatoms. The van der Waals surface area contributed by atoms with Crippen molar-refractivity contribution in [2.24, 2.45) is 4.99 Å². The Morgan fingerprint density at radius 2 is 1.80 bits per heavy atom. The first kappa shape index (κ1) is 13.4. The first-order chi connectivity index (χ1) is 9.65. The number of anilines is 1. The molecule has 2 aromatic carbocycles. The number of rotatable bonds is 1. The van der Waals surface area contributed by atoms with Crippen LogP contribution in [0, 0.1) is 0 Å². The Morgan fingerprint density at radius 1 is 1.10 bits per heavy atom. The van der Waals surface area contributed by atoms with Crippen molar-refractivity contribution >= 4 is 45.8 Å². The molecule has 0 spiro atoms. The van der Waals surface area contributed by atoms with Gasteiger partial charge in [-0.2, -0.15) is 0 Å². The minimum absolute atomic E-state index is 0.124. The summed E-state index contributed by atoms with van der Waals surface area (Å²) in [7, 11) is 0. The van der Waals surface area contributed by atoms with Crippen molar-refractivity contribution in [3.05, 3.63) is 64.7 Å². The minimum atomic E-state index is -0.486. The first-order valence-corrected chi connectivity index (χ1v) is 7.53. The number of hydrogen-bond donors (Lipinski definition) is 1. The number of aliphatic imine (C=N–C) groups is 1. The van der Waals surface area contributed by atoms with Crippen LogP contribution in [-0.2, 0) is 4.79 Å². The number of para-hydroxylation sites is 1. The summed E-state index contributed by atoms with van der Waals surface area (Å²) in [6, 6.07) is 15.1. The van der Waals surface area contributed by atoms with Gasteiger partial charge in [-0.15, -0.1) is 0 Å². The number of benzodiazepines with no additional fused rings is 1. The molecular formula is C15H10AsClN2O. The summed E-state index contributed by atoms with van der Waals surface area (Å²) in [5, 5.41) is 3.56. The molecule has 0 aromatic heterocycles. The number of nitrogens with zero attached hydrogens (tertiary/aromatic N) is 1. The summed E-state index contributed by atoms with van der Waals surface area (Å²) >= 11 is 8.21. The number of halogens is 1. The number of benzene rings is 2. The van der Waals surface area contributed by atoms with Gasteiger partial charge in [0.05, 0.1) is 0 Å². The van der Waals surface area contributed by atoms with Gasteiger partial charge in [0.2, 0.25) is 0 Å². The van der Waals surface area contributed by atoms with Crippen LogP contribution in [0.4, 0.5) is 5.69 Å². The molecule has 3 nitrogen and oxygen atoms in total. The molecule has 20 heavy (non-hydrogen) atoms. The van der Waals surface area contributed by atoms with Gasteiger partial charge in [-0.25, -0.2) is 0 Å². The number of nitrogens with one attached hydrogen (secondary N) is 1. The summed E-state index contributed by atoms with van der Waals surface area (Å²) in [5.41, 5.74) is 3.42. The topological polar surface area (TPSA) is 41.5 Å². The van der Waals surface area contributed by atoms with Crippen LogP contribution >= 0.6 is 11.6 Å². The zero-order chi connectivity index (χ0) is 14.1. The predicted molar refractivity (Wildman–Crippen MR) is 81.7 cm³/mol. The fourth-order valence-corrected chi connectivity index (χ4v) is 2.59. The average molecular weight is 345 g/mol. The zero-order valence-electron chi connectivity index (χ0n) is 10.4. The SMILES string of the molecule is O=C1Nc2ccccc2C(c2ccc(Cl)cc2)=NC1[As]. The monoisotopic (exact) mass is 344 g/mol. The van der Waals surface area contributed by atoms with E-state index >= 15 is 0 Å². The summed E-state index contributed by atoms with van der Waals surface area (Å²) in [5.74, 6) is -0.124. The van der Waals surface area contributed by atoms with E-state index in [9.17, 15) is 4.79 Å². The quantitative estimate of drug-likeness (QED) is 0.794. The Bertz CT molecular complexity index is 697. The molecule has 98 valence electrons. The Labute approximate surface area is 130 Å². The molecule has 1 aliphatic rings. The molecule has 1 N–H and O–H groups in total. The molecule has 2 aromatic rings. The van der Waals surface area contributed by atoms with Crippen molar-refractivity contribution in [2.45, 2.75) is 4.83 Å². The Morgan fingerprint density at radius 3 is 2.55 bits per heavy atom. The molecule has 3 rings (SSSR count). The molecule has 0 aliphatic carbocycles. The summed E-state index contributed by atoms with van der Waals surface area (Å²) in [4.78, 5) is 16.0. The normalized spacial score (nSPS) is 17.8. The Hall–Kier alpha value is -1.57. The van der Waals surface area contributed by atoms with Gasteiger partial charge in [0.15, 0.2) is 0 Å². The summed E-state index contributed by atoms with van der Waals surface area (Å²) in [6.45, 7) is 0. The molecule has 0 saturated carbocycles. The van der Waals surface area contributed by atoms with E-state index in [1.807, 2.05) is 48.5 Å². The maximum atomic E-state index is 12.0. The van der Waals surface area contributed by atoms with Crippen molar-refractivity contribution in [2.75, 3.05) is 5.32 Å². The molecule has 0 fully saturated rings. The van der Waals surface area contributed by atoms with Gasteiger partial charge in [-0.05, 0) is 0 Å². The molecule has 1 heterocycles. The number of amides is 1. The number of hydrogen-bond acceptors (Lipinski definition) is 2. The van der Waals surface area contributed by atoms with Crippen molar-refractivity contribution in [1.29, 1.82) is 0 Å². The second kappa shape index (κ2) is 5.43. The third-order valence-corrected chi connectivity index (χ3v) is 4.03. The maximum absolute atomic E-state index is 12.0. The van der Waals surface area contributed by atoms with Gasteiger partial charge in [-0.1, -0.05) is 0 Å². The van der Waals surface area contributed by atoms with Crippen LogP contribution in [0.3, 0.4) is 0 Å². The van der Waals surface area contributed by atoms with E-state index in [1.54, 1.807) is 0 Å². The van der Waals surface area contributed by atoms with Crippen LogP contribution in [0.5, 0.6) is 0 Å². The van der Waals surface area contributed by atoms with Gasteiger partial charge in [-0.3, -0.25) is 0 Å². The van der Waals surface area contributed by atoms with E-state index in [0.29, 0.717) is 5.02 Å². The van der Waals surface area contributed by atoms with Crippen LogP contribution in [0.2, 0.25) is 5.02 Å². The summed E-state index contributed by atoms with van der Waals surface area (Å²) in [6.07, 6.45) is 0. The number of fused-ring (bicyclic) bond motifs is 1. The predicted octanol–water partition coefficient (Wildman–Crippen LogP) is 2.62. The zero-order valence-corrected chi connectivity index (χ0v) is 13.0. The van der Waals surface area contributed by atoms with Crippen LogP contribution in [0.25, 0.3) is 0 Å². The van der Waals surface area contributed by atoms with E-state index in [4.69, 9.17) is 11.6 Å². The molecule has 1 amide bonds. The molecule has 0 bridgehead atoms. The van der Waals surface area contributed by atoms with E-state index in [0.717, 1.165) is 22.5 Å². The summed E-state index contributed by atoms with van der Waals surface area (Å²) < 4.78 is 0. The van der Waals surface area contributed by atoms with E-state index in [1.165, 1.54) is 0 Å². The first-order valence-electron chi connectivity index (χ1n) is 6.07. The van der Waals surface area contributed by atoms with Crippen LogP contribution < -0.4 is 5.32 Å². The van der Waals surface area contributed by atoms with Crippen molar-refractivity contribution in [1.82, 2.24) is 0 Å². The standard InChI is InChI=1S/C15H10AsClN2O/c16-14-15(20)18-12-4-2-1-3-11(12)13(19-14)9-5-7-10(17)8-6-9/h1-8,14H,(H,18,20).